The summed E-state index contributed by atoms with van der Waals surface area (Å²) in [5.74, 6) is 0.576. The maximum absolute atomic E-state index is 13.0. The Morgan fingerprint density at radius 2 is 2.00 bits per heavy atom. The molecule has 1 aromatic heterocycles. The van der Waals surface area contributed by atoms with E-state index in [1.165, 1.54) is 28.6 Å². The average Bonchev–Trinajstić information content (AvgIpc) is 3.04. The number of hydrogen-bond donors (Lipinski definition) is 0. The number of carbonyl (C=O) groups is 1. The van der Waals surface area contributed by atoms with Gasteiger partial charge in [-0.05, 0) is 43.4 Å². The van der Waals surface area contributed by atoms with Gasteiger partial charge in [-0.15, -0.1) is 0 Å². The first-order valence-corrected chi connectivity index (χ1v) is 10.3. The monoisotopic (exact) mass is 393 g/mol. The molecule has 0 N–H and O–H groups in total. The van der Waals surface area contributed by atoms with Crippen LogP contribution in [-0.4, -0.2) is 41.9 Å². The fraction of sp³-hybridized carbons (Fsp3) is 0.500. The van der Waals surface area contributed by atoms with Crippen molar-refractivity contribution in [2.75, 3.05) is 13.1 Å². The van der Waals surface area contributed by atoms with Crippen molar-refractivity contribution in [3.05, 3.63) is 41.5 Å². The van der Waals surface area contributed by atoms with Gasteiger partial charge in [-0.25, -0.2) is 13.2 Å². The molecule has 2 atom stereocenters. The largest absolute Gasteiger partial charge is 0.452 e. The summed E-state index contributed by atoms with van der Waals surface area (Å²) in [6.45, 7) is 6.55. The van der Waals surface area contributed by atoms with Crippen LogP contribution in [0.5, 0.6) is 0 Å². The predicted octanol–water partition coefficient (Wildman–Crippen LogP) is 2.40. The number of benzene rings is 1. The first-order chi connectivity index (χ1) is 12.8. The average molecular weight is 393 g/mol. The summed E-state index contributed by atoms with van der Waals surface area (Å²) in [4.78, 5) is 16.3. The van der Waals surface area contributed by atoms with Gasteiger partial charge < -0.3 is 9.26 Å². The van der Waals surface area contributed by atoms with Crippen LogP contribution in [0.15, 0.2) is 33.7 Å². The molecule has 1 aliphatic rings. The normalized spacial score (nSPS) is 21.1. The second-order valence-corrected chi connectivity index (χ2v) is 9.05. The third-order valence-corrected chi connectivity index (χ3v) is 6.27. The number of ether oxygens (including phenoxy) is 1. The zero-order valence-electron chi connectivity index (χ0n) is 15.6. The molecule has 0 unspecified atom stereocenters. The predicted molar refractivity (Wildman–Crippen MR) is 96.3 cm³/mol. The Hall–Kier alpha value is -2.26. The summed E-state index contributed by atoms with van der Waals surface area (Å²) < 4.78 is 37.5. The van der Waals surface area contributed by atoms with E-state index < -0.39 is 16.0 Å². The van der Waals surface area contributed by atoms with Crippen molar-refractivity contribution in [1.82, 2.24) is 14.4 Å². The summed E-state index contributed by atoms with van der Waals surface area (Å²) in [6, 6.07) is 5.90. The van der Waals surface area contributed by atoms with Gasteiger partial charge in [0.15, 0.2) is 12.4 Å². The molecule has 0 saturated carbocycles. The summed E-state index contributed by atoms with van der Waals surface area (Å²) in [5.41, 5.74) is 0.158. The van der Waals surface area contributed by atoms with E-state index >= 15 is 0 Å². The molecule has 2 aromatic rings. The molecule has 0 amide bonds. The van der Waals surface area contributed by atoms with Crippen molar-refractivity contribution in [3.8, 4) is 0 Å². The minimum atomic E-state index is -3.66. The highest BCUT2D eigenvalue weighted by molar-refractivity contribution is 7.89. The van der Waals surface area contributed by atoms with E-state index in [9.17, 15) is 13.2 Å². The van der Waals surface area contributed by atoms with Crippen molar-refractivity contribution < 1.29 is 22.5 Å². The summed E-state index contributed by atoms with van der Waals surface area (Å²) in [7, 11) is -3.66. The fourth-order valence-electron chi connectivity index (χ4n) is 3.34. The number of aromatic nitrogens is 2. The van der Waals surface area contributed by atoms with Crippen LogP contribution in [-0.2, 0) is 21.4 Å². The summed E-state index contributed by atoms with van der Waals surface area (Å²) in [6.07, 6.45) is 1.01. The van der Waals surface area contributed by atoms with Gasteiger partial charge in [0.05, 0.1) is 10.5 Å². The molecule has 0 aliphatic carbocycles. The number of esters is 1. The first kappa shape index (κ1) is 19.5. The van der Waals surface area contributed by atoms with Gasteiger partial charge >= 0.3 is 5.97 Å². The highest BCUT2D eigenvalue weighted by atomic mass is 32.2. The van der Waals surface area contributed by atoms with Gasteiger partial charge in [-0.1, -0.05) is 25.1 Å². The third kappa shape index (κ3) is 4.54. The molecule has 1 aromatic carbocycles. The summed E-state index contributed by atoms with van der Waals surface area (Å²) >= 11 is 0. The minimum Gasteiger partial charge on any atom is -0.452 e. The highest BCUT2D eigenvalue weighted by Crippen LogP contribution is 2.27. The number of piperidine rings is 1. The number of carbonyl (C=O) groups excluding carboxylic acids is 1. The van der Waals surface area contributed by atoms with Gasteiger partial charge in [0.1, 0.15) is 0 Å². The summed E-state index contributed by atoms with van der Waals surface area (Å²) in [5, 5.41) is 3.62. The molecular weight excluding hydrogens is 370 g/mol. The van der Waals surface area contributed by atoms with Gasteiger partial charge in [0.25, 0.3) is 5.89 Å². The molecule has 1 aliphatic heterocycles. The lowest BCUT2D eigenvalue weighted by Gasteiger charge is -2.34. The van der Waals surface area contributed by atoms with E-state index in [-0.39, 0.29) is 23.0 Å². The molecule has 1 saturated heterocycles. The second-order valence-electron chi connectivity index (χ2n) is 7.11. The molecule has 3 rings (SSSR count). The Bertz CT molecular complexity index is 915. The van der Waals surface area contributed by atoms with Crippen molar-refractivity contribution in [2.45, 2.75) is 38.7 Å². The van der Waals surface area contributed by atoms with Crippen LogP contribution >= 0.6 is 0 Å². The van der Waals surface area contributed by atoms with Gasteiger partial charge in [0, 0.05) is 13.1 Å². The smallest absolute Gasteiger partial charge is 0.338 e. The van der Waals surface area contributed by atoms with E-state index in [1.54, 1.807) is 6.92 Å². The van der Waals surface area contributed by atoms with Crippen LogP contribution in [0.25, 0.3) is 0 Å². The Labute approximate surface area is 158 Å². The third-order valence-electron chi connectivity index (χ3n) is 4.44. The number of sulfonamides is 1. The topological polar surface area (TPSA) is 103 Å². The van der Waals surface area contributed by atoms with Gasteiger partial charge in [0.2, 0.25) is 10.0 Å². The van der Waals surface area contributed by atoms with E-state index in [1.807, 2.05) is 13.8 Å². The fourth-order valence-corrected chi connectivity index (χ4v) is 5.07. The van der Waals surface area contributed by atoms with Gasteiger partial charge in [-0.2, -0.15) is 9.29 Å². The number of rotatable bonds is 5. The highest BCUT2D eigenvalue weighted by Gasteiger charge is 2.32. The first-order valence-electron chi connectivity index (χ1n) is 8.82. The quantitative estimate of drug-likeness (QED) is 0.719. The molecule has 1 fully saturated rings. The van der Waals surface area contributed by atoms with Crippen LogP contribution in [0.1, 0.15) is 42.3 Å². The Morgan fingerprint density at radius 1 is 1.30 bits per heavy atom. The van der Waals surface area contributed by atoms with Crippen molar-refractivity contribution in [3.63, 3.8) is 0 Å². The molecule has 27 heavy (non-hydrogen) atoms. The SMILES string of the molecule is Cc1noc(COC(=O)c2cccc(S(=O)(=O)N3C[C@H](C)C[C@H](C)C3)c2)n1. The minimum absolute atomic E-state index is 0.0897. The number of aryl methyl sites for hydroxylation is 1. The zero-order valence-corrected chi connectivity index (χ0v) is 16.4. The second kappa shape index (κ2) is 7.77. The Morgan fingerprint density at radius 3 is 2.63 bits per heavy atom. The van der Waals surface area contributed by atoms with Crippen LogP contribution in [0.3, 0.4) is 0 Å². The Kier molecular flexibility index (Phi) is 5.61. The van der Waals surface area contributed by atoms with Crippen LogP contribution < -0.4 is 0 Å². The molecule has 0 radical (unpaired) electrons. The zero-order chi connectivity index (χ0) is 19.6. The lowest BCUT2D eigenvalue weighted by molar-refractivity contribution is 0.0429. The van der Waals surface area contributed by atoms with E-state index in [0.717, 1.165) is 6.42 Å². The standard InChI is InChI=1S/C18H23N3O5S/c1-12-7-13(2)10-21(9-12)27(23,24)16-6-4-5-15(8-16)18(22)25-11-17-19-14(3)20-26-17/h4-6,8,12-13H,7,9-11H2,1-3H3/t12-,13+. The van der Waals surface area contributed by atoms with E-state index in [0.29, 0.717) is 30.7 Å². The maximum Gasteiger partial charge on any atom is 0.338 e. The van der Waals surface area contributed by atoms with Crippen LogP contribution in [0, 0.1) is 18.8 Å². The molecule has 8 nitrogen and oxygen atoms in total. The maximum atomic E-state index is 13.0. The van der Waals surface area contributed by atoms with E-state index in [4.69, 9.17) is 9.26 Å². The molecule has 2 heterocycles. The van der Waals surface area contributed by atoms with Crippen molar-refractivity contribution in [1.29, 1.82) is 0 Å². The van der Waals surface area contributed by atoms with Crippen LogP contribution in [0.2, 0.25) is 0 Å². The van der Waals surface area contributed by atoms with Crippen molar-refractivity contribution >= 4 is 16.0 Å². The molecule has 146 valence electrons. The number of hydrogen-bond acceptors (Lipinski definition) is 7. The van der Waals surface area contributed by atoms with Crippen molar-refractivity contribution in [2.24, 2.45) is 11.8 Å². The van der Waals surface area contributed by atoms with Crippen LogP contribution in [0.4, 0.5) is 0 Å². The van der Waals surface area contributed by atoms with E-state index in [2.05, 4.69) is 10.1 Å². The molecule has 9 heteroatoms. The van der Waals surface area contributed by atoms with Gasteiger partial charge in [-0.3, -0.25) is 0 Å². The lowest BCUT2D eigenvalue weighted by atomic mass is 9.94. The molecular formula is C18H23N3O5S. The molecule has 0 spiro atoms. The number of nitrogens with zero attached hydrogens (tertiary/aromatic N) is 3. The Balaban J connectivity index is 1.75. The molecule has 0 bridgehead atoms. The lowest BCUT2D eigenvalue weighted by Crippen LogP contribution is -2.42.